The maximum atomic E-state index is 13.1. The van der Waals surface area contributed by atoms with Crippen molar-refractivity contribution in [3.05, 3.63) is 35.2 Å². The van der Waals surface area contributed by atoms with Crippen molar-refractivity contribution in [2.75, 3.05) is 6.61 Å². The Kier molecular flexibility index (Phi) is 4.57. The molecule has 0 aromatic carbocycles. The molecule has 3 rings (SSSR count). The SMILES string of the molecule is C[C@]1(COC(N)=O)[C@H](C(=O)O)N2C(=O)/C(=C\c3cc(C(N)=O)ccn3)[C@H]2S1(=O)=O. The number of fused-ring (bicyclic) bond motifs is 1. The molecular weight excluding hydrogens is 408 g/mol. The van der Waals surface area contributed by atoms with Gasteiger partial charge in [-0.1, -0.05) is 0 Å². The number of aliphatic carboxylic acids is 1. The minimum absolute atomic E-state index is 0.0906. The van der Waals surface area contributed by atoms with Crippen LogP contribution in [0.4, 0.5) is 4.79 Å². The third kappa shape index (κ3) is 2.90. The second kappa shape index (κ2) is 6.55. The Balaban J connectivity index is 2.07. The van der Waals surface area contributed by atoms with E-state index < -0.39 is 56.5 Å². The van der Waals surface area contributed by atoms with Crippen molar-refractivity contribution in [2.24, 2.45) is 11.5 Å². The molecule has 1 aromatic rings. The highest BCUT2D eigenvalue weighted by molar-refractivity contribution is 7.94. The summed E-state index contributed by atoms with van der Waals surface area (Å²) in [6.45, 7) is 0.226. The number of carboxylic acid groups (broad SMARTS) is 1. The first-order valence-electron chi connectivity index (χ1n) is 8.10. The van der Waals surface area contributed by atoms with Crippen molar-refractivity contribution in [1.82, 2.24) is 9.88 Å². The molecule has 13 heteroatoms. The van der Waals surface area contributed by atoms with E-state index in [4.69, 9.17) is 11.5 Å². The largest absolute Gasteiger partial charge is 0.480 e. The molecule has 2 aliphatic rings. The van der Waals surface area contributed by atoms with Crippen LogP contribution in [0.3, 0.4) is 0 Å². The van der Waals surface area contributed by atoms with Crippen LogP contribution in [0.2, 0.25) is 0 Å². The predicted molar refractivity (Wildman–Crippen MR) is 95.6 cm³/mol. The molecule has 3 atom stereocenters. The number of β-lactam (4-membered cyclic amide) rings is 1. The van der Waals surface area contributed by atoms with Gasteiger partial charge in [0.15, 0.2) is 21.3 Å². The summed E-state index contributed by atoms with van der Waals surface area (Å²) in [7, 11) is -4.34. The van der Waals surface area contributed by atoms with E-state index in [1.807, 2.05) is 0 Å². The van der Waals surface area contributed by atoms with Gasteiger partial charge in [0.05, 0.1) is 11.3 Å². The molecule has 0 radical (unpaired) electrons. The lowest BCUT2D eigenvalue weighted by molar-refractivity contribution is -0.153. The van der Waals surface area contributed by atoms with Gasteiger partial charge in [-0.05, 0) is 25.1 Å². The van der Waals surface area contributed by atoms with Gasteiger partial charge in [0.25, 0.3) is 5.91 Å². The minimum Gasteiger partial charge on any atom is -0.480 e. The Morgan fingerprint density at radius 3 is 2.59 bits per heavy atom. The first kappa shape index (κ1) is 20.3. The van der Waals surface area contributed by atoms with Crippen LogP contribution in [0.15, 0.2) is 23.9 Å². The van der Waals surface area contributed by atoms with Gasteiger partial charge in [-0.25, -0.2) is 18.0 Å². The number of rotatable bonds is 5. The number of pyridine rings is 1. The van der Waals surface area contributed by atoms with Crippen LogP contribution in [0.25, 0.3) is 6.08 Å². The van der Waals surface area contributed by atoms with Gasteiger partial charge < -0.3 is 26.2 Å². The van der Waals surface area contributed by atoms with Crippen molar-refractivity contribution in [3.8, 4) is 0 Å². The number of ether oxygens (including phenoxy) is 1. The van der Waals surface area contributed by atoms with Crippen LogP contribution < -0.4 is 11.5 Å². The summed E-state index contributed by atoms with van der Waals surface area (Å²) in [4.78, 5) is 51.2. The molecule has 0 unspecified atom stereocenters. The summed E-state index contributed by atoms with van der Waals surface area (Å²) in [5, 5.41) is 7.97. The zero-order valence-electron chi connectivity index (χ0n) is 14.9. The maximum absolute atomic E-state index is 13.1. The molecule has 5 N–H and O–H groups in total. The Bertz CT molecular complexity index is 1080. The molecule has 12 nitrogen and oxygen atoms in total. The van der Waals surface area contributed by atoms with Gasteiger partial charge >= 0.3 is 12.1 Å². The third-order valence-corrected chi connectivity index (χ3v) is 7.61. The number of carboxylic acids is 1. The summed E-state index contributed by atoms with van der Waals surface area (Å²) >= 11 is 0. The van der Waals surface area contributed by atoms with Gasteiger partial charge in [0, 0.05) is 11.8 Å². The normalized spacial score (nSPS) is 28.5. The summed E-state index contributed by atoms with van der Waals surface area (Å²) in [6, 6.07) is 0.813. The monoisotopic (exact) mass is 424 g/mol. The number of hydrogen-bond donors (Lipinski definition) is 3. The summed E-state index contributed by atoms with van der Waals surface area (Å²) < 4.78 is 28.7. The van der Waals surface area contributed by atoms with Crippen molar-refractivity contribution >= 4 is 39.8 Å². The number of amides is 3. The zero-order chi connectivity index (χ0) is 21.7. The summed E-state index contributed by atoms with van der Waals surface area (Å²) in [5.41, 5.74) is 10.0. The first-order chi connectivity index (χ1) is 13.4. The second-order valence-corrected chi connectivity index (χ2v) is 9.17. The zero-order valence-corrected chi connectivity index (χ0v) is 15.8. The van der Waals surface area contributed by atoms with E-state index in [1.165, 1.54) is 18.3 Å². The molecule has 0 saturated carbocycles. The van der Waals surface area contributed by atoms with Crippen molar-refractivity contribution in [1.29, 1.82) is 0 Å². The second-order valence-electron chi connectivity index (χ2n) is 6.70. The Labute approximate surface area is 164 Å². The topological polar surface area (TPSA) is 200 Å². The Morgan fingerprint density at radius 1 is 1.38 bits per heavy atom. The van der Waals surface area contributed by atoms with E-state index in [-0.39, 0.29) is 16.8 Å². The number of nitrogens with zero attached hydrogens (tertiary/aromatic N) is 2. The van der Waals surface area contributed by atoms with Crippen molar-refractivity contribution in [3.63, 3.8) is 0 Å². The number of carbonyl (C=O) groups is 4. The van der Waals surface area contributed by atoms with Gasteiger partial charge in [0.2, 0.25) is 5.91 Å². The van der Waals surface area contributed by atoms with E-state index >= 15 is 0 Å². The molecule has 0 bridgehead atoms. The van der Waals surface area contributed by atoms with E-state index in [0.717, 1.165) is 13.0 Å². The van der Waals surface area contributed by atoms with Crippen LogP contribution >= 0.6 is 0 Å². The molecule has 154 valence electrons. The van der Waals surface area contributed by atoms with Gasteiger partial charge in [-0.15, -0.1) is 0 Å². The lowest BCUT2D eigenvalue weighted by atomic mass is 9.94. The fourth-order valence-electron chi connectivity index (χ4n) is 3.45. The lowest BCUT2D eigenvalue weighted by Gasteiger charge is -2.37. The molecule has 29 heavy (non-hydrogen) atoms. The lowest BCUT2D eigenvalue weighted by Crippen LogP contribution is -2.59. The number of nitrogens with two attached hydrogens (primary N) is 2. The van der Waals surface area contributed by atoms with Crippen molar-refractivity contribution in [2.45, 2.75) is 23.1 Å². The van der Waals surface area contributed by atoms with Crippen LogP contribution in [-0.4, -0.2) is 70.1 Å². The van der Waals surface area contributed by atoms with Gasteiger partial charge in [-0.2, -0.15) is 0 Å². The number of primary amides is 2. The number of hydrogen-bond acceptors (Lipinski definition) is 8. The minimum atomic E-state index is -4.34. The van der Waals surface area contributed by atoms with Gasteiger partial charge in [-0.3, -0.25) is 14.6 Å². The number of aromatic nitrogens is 1. The number of carbonyl (C=O) groups excluding carboxylic acids is 3. The summed E-state index contributed by atoms with van der Waals surface area (Å²) in [5.74, 6) is -3.16. The molecule has 3 heterocycles. The van der Waals surface area contributed by atoms with E-state index in [2.05, 4.69) is 9.72 Å². The molecule has 0 spiro atoms. The highest BCUT2D eigenvalue weighted by Crippen LogP contribution is 2.49. The predicted octanol–water partition coefficient (Wildman–Crippen LogP) is -1.53. The highest BCUT2D eigenvalue weighted by Gasteiger charge is 2.72. The van der Waals surface area contributed by atoms with Crippen LogP contribution in [0.1, 0.15) is 23.0 Å². The first-order valence-corrected chi connectivity index (χ1v) is 9.65. The van der Waals surface area contributed by atoms with E-state index in [1.54, 1.807) is 0 Å². The average Bonchev–Trinajstić information content (AvgIpc) is 2.80. The van der Waals surface area contributed by atoms with E-state index in [0.29, 0.717) is 4.90 Å². The molecule has 2 fully saturated rings. The molecule has 1 aromatic heterocycles. The average molecular weight is 424 g/mol. The van der Waals surface area contributed by atoms with Crippen LogP contribution in [0, 0.1) is 0 Å². The molecule has 2 aliphatic heterocycles. The molecule has 2 saturated heterocycles. The van der Waals surface area contributed by atoms with Crippen molar-refractivity contribution < 1.29 is 37.4 Å². The third-order valence-electron chi connectivity index (χ3n) is 4.90. The smallest absolute Gasteiger partial charge is 0.404 e. The van der Waals surface area contributed by atoms with Gasteiger partial charge in [0.1, 0.15) is 11.4 Å². The number of sulfone groups is 1. The Hall–Kier alpha value is -3.48. The summed E-state index contributed by atoms with van der Waals surface area (Å²) in [6.07, 6.45) is 1.11. The standard InChI is InChI=1S/C16H16N4O8S/c1-16(6-28-15(18)25)10(14(23)24)20-12(22)9(13(20)29(16,26)27)5-8-4-7(11(17)21)2-3-19-8/h2-5,10,13H,6H2,1H3,(H2,17,21)(H2,18,25)(H,23,24)/b9-5+/t10-,13+,16-/m0/s1. The van der Waals surface area contributed by atoms with E-state index in [9.17, 15) is 32.7 Å². The molecular formula is C16H16N4O8S. The van der Waals surface area contributed by atoms with Crippen LogP contribution in [-0.2, 0) is 24.2 Å². The quantitative estimate of drug-likeness (QED) is 0.370. The maximum Gasteiger partial charge on any atom is 0.404 e. The highest BCUT2D eigenvalue weighted by atomic mass is 32.2. The van der Waals surface area contributed by atoms with Crippen LogP contribution in [0.5, 0.6) is 0 Å². The molecule has 3 amide bonds. The molecule has 0 aliphatic carbocycles. The fourth-order valence-corrected chi connectivity index (χ4v) is 5.73. The fraction of sp³-hybridized carbons (Fsp3) is 0.312. The Morgan fingerprint density at radius 2 is 2.03 bits per heavy atom.